The van der Waals surface area contributed by atoms with Gasteiger partial charge in [0.25, 0.3) is 0 Å². The fourth-order valence-electron chi connectivity index (χ4n) is 3.03. The molecule has 0 spiro atoms. The summed E-state index contributed by atoms with van der Waals surface area (Å²) in [5.41, 5.74) is 3.38. The van der Waals surface area contributed by atoms with Crippen LogP contribution >= 0.6 is 23.2 Å². The number of hydrogen-bond acceptors (Lipinski definition) is 2. The van der Waals surface area contributed by atoms with E-state index in [4.69, 9.17) is 23.2 Å². The van der Waals surface area contributed by atoms with Crippen molar-refractivity contribution in [1.82, 2.24) is 9.55 Å². The van der Waals surface area contributed by atoms with Gasteiger partial charge in [-0.05, 0) is 35.9 Å². The van der Waals surface area contributed by atoms with Crippen LogP contribution in [0, 0.1) is 0 Å². The van der Waals surface area contributed by atoms with Crippen LogP contribution in [0.2, 0.25) is 10.0 Å². The molecule has 2 aromatic carbocycles. The first-order valence-electron chi connectivity index (χ1n) is 7.43. The lowest BCUT2D eigenvalue weighted by molar-refractivity contribution is 0.111. The number of rotatable bonds is 3. The van der Waals surface area contributed by atoms with Crippen LogP contribution in [0.25, 0.3) is 21.8 Å². The summed E-state index contributed by atoms with van der Waals surface area (Å²) < 4.78 is 2.14. The zero-order chi connectivity index (χ0) is 16.7. The van der Waals surface area contributed by atoms with Crippen LogP contribution in [0.15, 0.2) is 54.7 Å². The Morgan fingerprint density at radius 2 is 1.83 bits per heavy atom. The molecule has 0 aliphatic heterocycles. The number of pyridine rings is 1. The first-order chi connectivity index (χ1) is 11.7. The van der Waals surface area contributed by atoms with Crippen LogP contribution in [0.3, 0.4) is 0 Å². The molecular formula is C19H12Cl2N2O. The maximum atomic E-state index is 11.1. The highest BCUT2D eigenvalue weighted by Crippen LogP contribution is 2.31. The Balaban J connectivity index is 1.99. The van der Waals surface area contributed by atoms with E-state index in [-0.39, 0.29) is 0 Å². The van der Waals surface area contributed by atoms with Gasteiger partial charge in [0.05, 0.1) is 11.7 Å². The molecule has 0 unspecified atom stereocenters. The van der Waals surface area contributed by atoms with Crippen LogP contribution in [0.5, 0.6) is 0 Å². The minimum absolute atomic E-state index is 0.422. The number of aldehydes is 1. The van der Waals surface area contributed by atoms with Crippen molar-refractivity contribution in [3.05, 3.63) is 76.0 Å². The summed E-state index contributed by atoms with van der Waals surface area (Å²) >= 11 is 12.4. The average molecular weight is 355 g/mol. The summed E-state index contributed by atoms with van der Waals surface area (Å²) in [4.78, 5) is 15.3. The van der Waals surface area contributed by atoms with Gasteiger partial charge in [0, 0.05) is 32.9 Å². The number of hydrogen-bond donors (Lipinski definition) is 0. The Morgan fingerprint density at radius 3 is 2.67 bits per heavy atom. The molecule has 5 heteroatoms. The highest BCUT2D eigenvalue weighted by atomic mass is 35.5. The largest absolute Gasteiger partial charge is 0.335 e. The molecular weight excluding hydrogens is 343 g/mol. The molecule has 2 aromatic heterocycles. The predicted octanol–water partition coefficient (Wildman–Crippen LogP) is 5.36. The van der Waals surface area contributed by atoms with Crippen molar-refractivity contribution in [2.75, 3.05) is 0 Å². The molecule has 0 fully saturated rings. The van der Waals surface area contributed by atoms with Crippen LogP contribution in [0.1, 0.15) is 16.1 Å². The minimum atomic E-state index is 0.422. The average Bonchev–Trinajstić information content (AvgIpc) is 2.92. The Kier molecular flexibility index (Phi) is 3.75. The third kappa shape index (κ3) is 2.46. The topological polar surface area (TPSA) is 34.9 Å². The first kappa shape index (κ1) is 15.2. The summed E-state index contributed by atoms with van der Waals surface area (Å²) in [5, 5.41) is 3.40. The normalized spacial score (nSPS) is 11.2. The number of fused-ring (bicyclic) bond motifs is 3. The lowest BCUT2D eigenvalue weighted by Crippen LogP contribution is -2.00. The second-order valence-electron chi connectivity index (χ2n) is 5.58. The molecule has 0 bridgehead atoms. The van der Waals surface area contributed by atoms with E-state index >= 15 is 0 Å². The molecule has 0 saturated carbocycles. The highest BCUT2D eigenvalue weighted by Gasteiger charge is 2.13. The van der Waals surface area contributed by atoms with Crippen molar-refractivity contribution in [1.29, 1.82) is 0 Å². The van der Waals surface area contributed by atoms with Gasteiger partial charge in [0.15, 0.2) is 6.29 Å². The second kappa shape index (κ2) is 5.93. The molecule has 0 saturated heterocycles. The number of halogens is 2. The summed E-state index contributed by atoms with van der Waals surface area (Å²) in [7, 11) is 0. The molecule has 0 radical (unpaired) electrons. The molecule has 118 valence electrons. The Morgan fingerprint density at radius 1 is 1.00 bits per heavy atom. The fraction of sp³-hybridized carbons (Fsp3) is 0.0526. The number of benzene rings is 2. The molecule has 4 rings (SSSR count). The smallest absolute Gasteiger partial charge is 0.168 e. The summed E-state index contributed by atoms with van der Waals surface area (Å²) in [6, 6.07) is 15.3. The van der Waals surface area contributed by atoms with Crippen LogP contribution < -0.4 is 0 Å². The van der Waals surface area contributed by atoms with E-state index in [1.54, 1.807) is 18.3 Å². The summed E-state index contributed by atoms with van der Waals surface area (Å²) in [6.07, 6.45) is 2.50. The van der Waals surface area contributed by atoms with Crippen LogP contribution in [-0.4, -0.2) is 15.8 Å². The Hall–Kier alpha value is -2.36. The van der Waals surface area contributed by atoms with Crippen molar-refractivity contribution in [2.24, 2.45) is 0 Å². The van der Waals surface area contributed by atoms with E-state index in [1.807, 2.05) is 36.4 Å². The number of carbonyl (C=O) groups excluding carboxylic acids is 1. The van der Waals surface area contributed by atoms with Crippen molar-refractivity contribution in [2.45, 2.75) is 6.54 Å². The SMILES string of the molecule is O=Cc1cc2c3ccccc3n(Cc3cc(Cl)ccc3Cl)c2cn1. The minimum Gasteiger partial charge on any atom is -0.335 e. The van der Waals surface area contributed by atoms with Gasteiger partial charge in [0.2, 0.25) is 0 Å². The standard InChI is InChI=1S/C19H12Cl2N2O/c20-13-5-6-17(21)12(7-13)10-23-18-4-2-1-3-15(18)16-8-14(11-24)22-9-19(16)23/h1-9,11H,10H2. The maximum Gasteiger partial charge on any atom is 0.168 e. The van der Waals surface area contributed by atoms with E-state index < -0.39 is 0 Å². The van der Waals surface area contributed by atoms with Gasteiger partial charge >= 0.3 is 0 Å². The Bertz CT molecular complexity index is 1090. The van der Waals surface area contributed by atoms with Crippen LogP contribution in [-0.2, 0) is 6.54 Å². The van der Waals surface area contributed by atoms with Gasteiger partial charge in [-0.1, -0.05) is 41.4 Å². The monoisotopic (exact) mass is 354 g/mol. The molecule has 0 atom stereocenters. The molecule has 0 aliphatic carbocycles. The molecule has 0 N–H and O–H groups in total. The first-order valence-corrected chi connectivity index (χ1v) is 8.19. The molecule has 3 nitrogen and oxygen atoms in total. The molecule has 0 amide bonds. The number of nitrogens with zero attached hydrogens (tertiary/aromatic N) is 2. The summed E-state index contributed by atoms with van der Waals surface area (Å²) in [5.74, 6) is 0. The zero-order valence-electron chi connectivity index (χ0n) is 12.5. The van der Waals surface area contributed by atoms with Crippen molar-refractivity contribution < 1.29 is 4.79 Å². The lowest BCUT2D eigenvalue weighted by Gasteiger charge is -2.10. The number of carbonyl (C=O) groups is 1. The molecule has 4 aromatic rings. The van der Waals surface area contributed by atoms with Crippen LogP contribution in [0.4, 0.5) is 0 Å². The van der Waals surface area contributed by atoms with E-state index in [9.17, 15) is 4.79 Å². The van der Waals surface area contributed by atoms with E-state index in [1.165, 1.54) is 0 Å². The fourth-order valence-corrected chi connectivity index (χ4v) is 3.40. The third-order valence-corrected chi connectivity index (χ3v) is 4.74. The van der Waals surface area contributed by atoms with Gasteiger partial charge in [-0.2, -0.15) is 0 Å². The van der Waals surface area contributed by atoms with Gasteiger partial charge in [-0.25, -0.2) is 0 Å². The van der Waals surface area contributed by atoms with E-state index in [2.05, 4.69) is 9.55 Å². The number of para-hydroxylation sites is 1. The predicted molar refractivity (Wildman–Crippen MR) is 98.2 cm³/mol. The lowest BCUT2D eigenvalue weighted by atomic mass is 10.2. The summed E-state index contributed by atoms with van der Waals surface area (Å²) in [6.45, 7) is 0.575. The van der Waals surface area contributed by atoms with Crippen molar-refractivity contribution >= 4 is 51.3 Å². The zero-order valence-corrected chi connectivity index (χ0v) is 14.1. The van der Waals surface area contributed by atoms with Gasteiger partial charge in [-0.3, -0.25) is 9.78 Å². The second-order valence-corrected chi connectivity index (χ2v) is 6.43. The quantitative estimate of drug-likeness (QED) is 0.464. The molecule has 24 heavy (non-hydrogen) atoms. The maximum absolute atomic E-state index is 11.1. The van der Waals surface area contributed by atoms with Gasteiger partial charge < -0.3 is 4.57 Å². The highest BCUT2D eigenvalue weighted by molar-refractivity contribution is 6.33. The van der Waals surface area contributed by atoms with E-state index in [0.29, 0.717) is 22.3 Å². The van der Waals surface area contributed by atoms with Gasteiger partial charge in [-0.15, -0.1) is 0 Å². The Labute approximate surface area is 148 Å². The number of aromatic nitrogens is 2. The van der Waals surface area contributed by atoms with Crippen molar-refractivity contribution in [3.8, 4) is 0 Å². The van der Waals surface area contributed by atoms with Gasteiger partial charge in [0.1, 0.15) is 5.69 Å². The van der Waals surface area contributed by atoms with Crippen molar-refractivity contribution in [3.63, 3.8) is 0 Å². The van der Waals surface area contributed by atoms with E-state index in [0.717, 1.165) is 33.7 Å². The third-order valence-electron chi connectivity index (χ3n) is 4.14. The molecule has 2 heterocycles. The molecule has 0 aliphatic rings.